The normalized spacial score (nSPS) is 23.0. The van der Waals surface area contributed by atoms with Crippen molar-refractivity contribution in [3.8, 4) is 0 Å². The van der Waals surface area contributed by atoms with Crippen LogP contribution in [0.3, 0.4) is 0 Å². The molecule has 178 valence electrons. The van der Waals surface area contributed by atoms with Crippen LogP contribution in [0.1, 0.15) is 44.9 Å². The summed E-state index contributed by atoms with van der Waals surface area (Å²) in [5.74, 6) is 0.107. The van der Waals surface area contributed by atoms with Gasteiger partial charge in [0, 0.05) is 10.4 Å². The molecule has 11 nitrogen and oxygen atoms in total. The van der Waals surface area contributed by atoms with Crippen LogP contribution in [0, 0.1) is 5.82 Å². The van der Waals surface area contributed by atoms with E-state index in [4.69, 9.17) is 20.8 Å². The van der Waals surface area contributed by atoms with Gasteiger partial charge in [0.25, 0.3) is 0 Å². The summed E-state index contributed by atoms with van der Waals surface area (Å²) in [6.45, 7) is 5.73. The average molecular weight is 490 g/mol. The lowest BCUT2D eigenvalue weighted by molar-refractivity contribution is -0.0441. The number of aliphatic hydroxyl groups excluding tert-OH is 2. The number of fused-ring (bicyclic) bond motifs is 1. The Kier molecular flexibility index (Phi) is 5.47. The first kappa shape index (κ1) is 22.6. The molecule has 13 heteroatoms. The number of ether oxygens (including phenoxy) is 1. The summed E-state index contributed by atoms with van der Waals surface area (Å²) in [4.78, 5) is 12.7. The third kappa shape index (κ3) is 3.88. The van der Waals surface area contributed by atoms with Crippen molar-refractivity contribution in [2.75, 3.05) is 5.32 Å². The molecule has 1 aliphatic heterocycles. The molecular formula is C21H21ClFN7O4. The first-order valence-electron chi connectivity index (χ1n) is 10.4. The Morgan fingerprint density at radius 1 is 1.12 bits per heavy atom. The van der Waals surface area contributed by atoms with E-state index in [1.165, 1.54) is 35.4 Å². The molecule has 4 unspecified atom stereocenters. The van der Waals surface area contributed by atoms with Gasteiger partial charge in [-0.15, -0.1) is 10.2 Å². The number of benzene rings is 1. The van der Waals surface area contributed by atoms with Crippen LogP contribution in [0.15, 0.2) is 35.3 Å². The number of nitrogens with zero attached hydrogens (tertiary/aromatic N) is 6. The van der Waals surface area contributed by atoms with Gasteiger partial charge in [-0.3, -0.25) is 4.57 Å². The van der Waals surface area contributed by atoms with Gasteiger partial charge in [-0.05, 0) is 18.2 Å². The zero-order chi connectivity index (χ0) is 24.2. The van der Waals surface area contributed by atoms with E-state index in [1.807, 2.05) is 20.8 Å². The highest BCUT2D eigenvalue weighted by molar-refractivity contribution is 6.30. The molecule has 4 heterocycles. The molecule has 0 saturated carbocycles. The second-order valence-electron chi connectivity index (χ2n) is 8.92. The summed E-state index contributed by atoms with van der Waals surface area (Å²) in [5, 5.41) is 32.5. The Labute approximate surface area is 197 Å². The Bertz CT molecular complexity index is 1350. The fourth-order valence-electron chi connectivity index (χ4n) is 3.59. The maximum atomic E-state index is 14.2. The van der Waals surface area contributed by atoms with E-state index in [0.29, 0.717) is 17.1 Å². The number of anilines is 2. The van der Waals surface area contributed by atoms with Gasteiger partial charge in [0.2, 0.25) is 11.8 Å². The number of nitrogens with one attached hydrogen (secondary N) is 1. The summed E-state index contributed by atoms with van der Waals surface area (Å²) in [6.07, 6.45) is -2.13. The molecule has 0 amide bonds. The third-order valence-corrected chi connectivity index (χ3v) is 5.62. The zero-order valence-corrected chi connectivity index (χ0v) is 19.1. The van der Waals surface area contributed by atoms with E-state index >= 15 is 0 Å². The minimum Gasteiger partial charge on any atom is -0.422 e. The van der Waals surface area contributed by atoms with E-state index in [2.05, 4.69) is 30.5 Å². The number of hydrogen-bond donors (Lipinski definition) is 3. The number of hydrogen-bond acceptors (Lipinski definition) is 10. The van der Waals surface area contributed by atoms with Crippen molar-refractivity contribution in [2.24, 2.45) is 0 Å². The maximum absolute atomic E-state index is 14.2. The van der Waals surface area contributed by atoms with Gasteiger partial charge in [-0.2, -0.15) is 0 Å². The Morgan fingerprint density at radius 2 is 1.91 bits per heavy atom. The maximum Gasteiger partial charge on any atom is 0.248 e. The summed E-state index contributed by atoms with van der Waals surface area (Å²) in [6, 6.07) is 4.19. The lowest BCUT2D eigenvalue weighted by Gasteiger charge is -2.16. The SMILES string of the molecule is CC(C)(C)c1nnc(C2OC(n3cnc4c(Nc5ccc(Cl)cc5F)ncnc43)C(O)C2O)o1. The van der Waals surface area contributed by atoms with Crippen molar-refractivity contribution in [1.29, 1.82) is 0 Å². The molecule has 4 atom stereocenters. The first-order chi connectivity index (χ1) is 16.1. The van der Waals surface area contributed by atoms with Crippen LogP contribution >= 0.6 is 11.6 Å². The van der Waals surface area contributed by atoms with Crippen LogP contribution in [-0.2, 0) is 10.2 Å². The molecule has 1 fully saturated rings. The molecule has 0 spiro atoms. The Morgan fingerprint density at radius 3 is 2.62 bits per heavy atom. The highest BCUT2D eigenvalue weighted by Crippen LogP contribution is 2.40. The fraction of sp³-hybridized carbons (Fsp3) is 0.381. The van der Waals surface area contributed by atoms with Crippen LogP contribution in [0.4, 0.5) is 15.9 Å². The van der Waals surface area contributed by atoms with Crippen LogP contribution in [0.25, 0.3) is 11.2 Å². The number of aliphatic hydroxyl groups is 2. The average Bonchev–Trinajstić information content (AvgIpc) is 3.49. The van der Waals surface area contributed by atoms with E-state index in [-0.39, 0.29) is 22.4 Å². The van der Waals surface area contributed by atoms with Crippen LogP contribution < -0.4 is 5.32 Å². The van der Waals surface area contributed by atoms with E-state index in [1.54, 1.807) is 0 Å². The van der Waals surface area contributed by atoms with Gasteiger partial charge < -0.3 is 24.7 Å². The van der Waals surface area contributed by atoms with Gasteiger partial charge in [0.05, 0.1) is 12.0 Å². The minimum atomic E-state index is -1.34. The molecule has 0 radical (unpaired) electrons. The minimum absolute atomic E-state index is 0.0543. The molecule has 0 aliphatic carbocycles. The fourth-order valence-corrected chi connectivity index (χ4v) is 3.75. The van der Waals surface area contributed by atoms with Crippen LogP contribution in [0.5, 0.6) is 0 Å². The van der Waals surface area contributed by atoms with Crippen molar-refractivity contribution in [3.05, 3.63) is 53.5 Å². The predicted molar refractivity (Wildman–Crippen MR) is 118 cm³/mol. The molecule has 4 aromatic rings. The topological polar surface area (TPSA) is 144 Å². The van der Waals surface area contributed by atoms with Crippen molar-refractivity contribution in [2.45, 2.75) is 50.7 Å². The molecule has 0 bridgehead atoms. The number of imidazole rings is 1. The van der Waals surface area contributed by atoms with Gasteiger partial charge in [-0.25, -0.2) is 19.3 Å². The molecular weight excluding hydrogens is 469 g/mol. The lowest BCUT2D eigenvalue weighted by atomic mass is 9.97. The number of aromatic nitrogens is 6. The second kappa shape index (κ2) is 8.24. The van der Waals surface area contributed by atoms with Gasteiger partial charge >= 0.3 is 0 Å². The van der Waals surface area contributed by atoms with E-state index in [9.17, 15) is 14.6 Å². The second-order valence-corrected chi connectivity index (χ2v) is 9.36. The molecule has 1 saturated heterocycles. The van der Waals surface area contributed by atoms with Crippen LogP contribution in [-0.4, -0.2) is 52.1 Å². The Balaban J connectivity index is 1.45. The first-order valence-corrected chi connectivity index (χ1v) is 10.8. The Hall–Kier alpha value is -3.19. The van der Waals surface area contributed by atoms with Gasteiger partial charge in [0.1, 0.15) is 24.4 Å². The molecule has 3 N–H and O–H groups in total. The summed E-state index contributed by atoms with van der Waals surface area (Å²) >= 11 is 5.81. The van der Waals surface area contributed by atoms with Crippen molar-refractivity contribution < 1.29 is 23.8 Å². The molecule has 5 rings (SSSR count). The number of halogens is 2. The van der Waals surface area contributed by atoms with E-state index in [0.717, 1.165) is 0 Å². The zero-order valence-electron chi connectivity index (χ0n) is 18.3. The highest BCUT2D eigenvalue weighted by atomic mass is 35.5. The molecule has 1 aromatic carbocycles. The van der Waals surface area contributed by atoms with Crippen molar-refractivity contribution in [1.82, 2.24) is 29.7 Å². The molecule has 34 heavy (non-hydrogen) atoms. The van der Waals surface area contributed by atoms with Crippen LogP contribution in [0.2, 0.25) is 5.02 Å². The molecule has 3 aromatic heterocycles. The lowest BCUT2D eigenvalue weighted by Crippen LogP contribution is -2.29. The summed E-state index contributed by atoms with van der Waals surface area (Å²) < 4.78 is 27.3. The number of rotatable bonds is 4. The van der Waals surface area contributed by atoms with E-state index < -0.39 is 35.8 Å². The smallest absolute Gasteiger partial charge is 0.248 e. The largest absolute Gasteiger partial charge is 0.422 e. The quantitative estimate of drug-likeness (QED) is 0.391. The van der Waals surface area contributed by atoms with Gasteiger partial charge in [-0.1, -0.05) is 32.4 Å². The third-order valence-electron chi connectivity index (χ3n) is 5.38. The summed E-state index contributed by atoms with van der Waals surface area (Å²) in [7, 11) is 0. The van der Waals surface area contributed by atoms with Gasteiger partial charge in [0.15, 0.2) is 29.3 Å². The summed E-state index contributed by atoms with van der Waals surface area (Å²) in [5.41, 5.74) is 0.359. The highest BCUT2D eigenvalue weighted by Gasteiger charge is 2.48. The predicted octanol–water partition coefficient (Wildman–Crippen LogP) is 3.03. The van der Waals surface area contributed by atoms with Crippen molar-refractivity contribution in [3.63, 3.8) is 0 Å². The van der Waals surface area contributed by atoms with Crippen molar-refractivity contribution >= 4 is 34.3 Å². The monoisotopic (exact) mass is 489 g/mol. The molecule has 1 aliphatic rings. The standard InChI is InChI=1S/C21H21ClFN7O4/c1-21(2,3)20-29-28-18(34-20)15-13(31)14(32)19(33-15)30-8-26-12-16(24-7-25-17(12)30)27-11-5-4-9(22)6-10(11)23/h4-8,13-15,19,31-32H,1-3H3,(H,24,25,27).